The van der Waals surface area contributed by atoms with E-state index >= 15 is 0 Å². The Morgan fingerprint density at radius 3 is 2.52 bits per heavy atom. The monoisotopic (exact) mass is 432 g/mol. The number of benzene rings is 2. The van der Waals surface area contributed by atoms with Gasteiger partial charge < -0.3 is 16.4 Å². The molecule has 29 heavy (non-hydrogen) atoms. The number of nitrogens with one attached hydrogen (secondary N) is 2. The molecule has 0 bridgehead atoms. The van der Waals surface area contributed by atoms with Crippen LogP contribution < -0.4 is 16.4 Å². The Morgan fingerprint density at radius 2 is 1.79 bits per heavy atom. The van der Waals surface area contributed by atoms with Gasteiger partial charge in [0, 0.05) is 22.3 Å². The molecule has 4 N–H and O–H groups in total. The van der Waals surface area contributed by atoms with Crippen LogP contribution in [0.25, 0.3) is 0 Å². The molecule has 0 saturated carbocycles. The number of aryl methyl sites for hydroxylation is 1. The lowest BCUT2D eigenvalue weighted by molar-refractivity contribution is -0.116. The van der Waals surface area contributed by atoms with Gasteiger partial charge in [-0.05, 0) is 42.3 Å². The number of rotatable bonds is 6. The zero-order valence-electron chi connectivity index (χ0n) is 15.4. The molecule has 150 valence electrons. The molecule has 2 amide bonds. The quantitative estimate of drug-likeness (QED) is 0.553. The van der Waals surface area contributed by atoms with E-state index < -0.39 is 5.91 Å². The normalized spacial score (nSPS) is 10.6. The molecule has 3 aromatic rings. The summed E-state index contributed by atoms with van der Waals surface area (Å²) in [5, 5.41) is 14.1. The van der Waals surface area contributed by atoms with E-state index in [9.17, 15) is 9.59 Å². The molecule has 1 heterocycles. The van der Waals surface area contributed by atoms with Gasteiger partial charge in [-0.25, -0.2) is 4.68 Å². The first kappa shape index (κ1) is 20.6. The van der Waals surface area contributed by atoms with Gasteiger partial charge in [0.2, 0.25) is 5.91 Å². The highest BCUT2D eigenvalue weighted by Gasteiger charge is 2.19. The summed E-state index contributed by atoms with van der Waals surface area (Å²) in [6.45, 7) is 1.92. The van der Waals surface area contributed by atoms with Gasteiger partial charge in [0.25, 0.3) is 5.91 Å². The van der Waals surface area contributed by atoms with E-state index in [2.05, 4.69) is 20.9 Å². The Morgan fingerprint density at radius 1 is 1.10 bits per heavy atom. The zero-order valence-corrected chi connectivity index (χ0v) is 17.0. The first-order chi connectivity index (χ1) is 13.8. The minimum atomic E-state index is -0.491. The van der Waals surface area contributed by atoms with E-state index in [0.29, 0.717) is 15.7 Å². The standard InChI is InChI=1S/C19H18Cl2N6O2/c1-11-2-5-14(21)8-15(11)24-16(28)10-27-18(22)17(25-26-27)19(29)23-9-12-3-6-13(20)7-4-12/h2-8H,9-10,22H2,1H3,(H,23,29)(H,24,28). The fourth-order valence-electron chi connectivity index (χ4n) is 2.52. The molecule has 0 radical (unpaired) electrons. The maximum atomic E-state index is 12.3. The molecule has 1 aromatic heterocycles. The van der Waals surface area contributed by atoms with Crippen molar-refractivity contribution in [2.45, 2.75) is 20.0 Å². The molecule has 0 aliphatic rings. The average molecular weight is 433 g/mol. The molecule has 0 aliphatic heterocycles. The molecule has 8 nitrogen and oxygen atoms in total. The van der Waals surface area contributed by atoms with E-state index in [1.807, 2.05) is 6.92 Å². The number of carbonyl (C=O) groups excluding carboxylic acids is 2. The average Bonchev–Trinajstić information content (AvgIpc) is 3.04. The smallest absolute Gasteiger partial charge is 0.275 e. The Bertz CT molecular complexity index is 1050. The van der Waals surface area contributed by atoms with E-state index in [1.165, 1.54) is 0 Å². The third kappa shape index (κ3) is 5.24. The summed E-state index contributed by atoms with van der Waals surface area (Å²) in [5.74, 6) is -0.869. The molecule has 2 aromatic carbocycles. The van der Waals surface area contributed by atoms with Crippen LogP contribution in [0.2, 0.25) is 10.0 Å². The maximum Gasteiger partial charge on any atom is 0.275 e. The summed E-state index contributed by atoms with van der Waals surface area (Å²) in [7, 11) is 0. The Balaban J connectivity index is 1.62. The number of amides is 2. The van der Waals surface area contributed by atoms with E-state index in [0.717, 1.165) is 15.8 Å². The first-order valence-corrected chi connectivity index (χ1v) is 9.36. The Kier molecular flexibility index (Phi) is 6.36. The summed E-state index contributed by atoms with van der Waals surface area (Å²) >= 11 is 11.8. The van der Waals surface area contributed by atoms with Gasteiger partial charge in [0.1, 0.15) is 6.54 Å². The third-order valence-electron chi connectivity index (χ3n) is 4.12. The lowest BCUT2D eigenvalue weighted by Gasteiger charge is -2.09. The lowest BCUT2D eigenvalue weighted by Crippen LogP contribution is -2.25. The van der Waals surface area contributed by atoms with Crippen molar-refractivity contribution < 1.29 is 9.59 Å². The van der Waals surface area contributed by atoms with Crippen molar-refractivity contribution in [3.8, 4) is 0 Å². The predicted molar refractivity (Wildman–Crippen MR) is 112 cm³/mol. The Labute approximate surface area is 177 Å². The summed E-state index contributed by atoms with van der Waals surface area (Å²) in [6, 6.07) is 12.2. The number of nitrogens with zero attached hydrogens (tertiary/aromatic N) is 3. The lowest BCUT2D eigenvalue weighted by atomic mass is 10.2. The summed E-state index contributed by atoms with van der Waals surface area (Å²) < 4.78 is 1.16. The van der Waals surface area contributed by atoms with Crippen LogP contribution >= 0.6 is 23.2 Å². The van der Waals surface area contributed by atoms with Crippen LogP contribution in [-0.4, -0.2) is 26.8 Å². The van der Waals surface area contributed by atoms with Gasteiger partial charge in [0.15, 0.2) is 11.5 Å². The number of halogens is 2. The van der Waals surface area contributed by atoms with Crippen LogP contribution in [0, 0.1) is 6.92 Å². The molecule has 0 aliphatic carbocycles. The second-order valence-corrected chi connectivity index (χ2v) is 7.17. The minimum absolute atomic E-state index is 0.00317. The number of nitrogens with two attached hydrogens (primary N) is 1. The number of hydrogen-bond acceptors (Lipinski definition) is 5. The van der Waals surface area contributed by atoms with Crippen LogP contribution in [0.1, 0.15) is 21.6 Å². The van der Waals surface area contributed by atoms with Crippen molar-refractivity contribution in [3.63, 3.8) is 0 Å². The highest BCUT2D eigenvalue weighted by atomic mass is 35.5. The number of aromatic nitrogens is 3. The molecular formula is C19H18Cl2N6O2. The number of anilines is 2. The number of nitrogen functional groups attached to an aromatic ring is 1. The van der Waals surface area contributed by atoms with Gasteiger partial charge in [-0.15, -0.1) is 5.10 Å². The van der Waals surface area contributed by atoms with Gasteiger partial charge in [-0.2, -0.15) is 0 Å². The molecule has 0 unspecified atom stereocenters. The molecule has 3 rings (SSSR count). The van der Waals surface area contributed by atoms with Crippen LogP contribution in [0.15, 0.2) is 42.5 Å². The third-order valence-corrected chi connectivity index (χ3v) is 4.61. The van der Waals surface area contributed by atoms with Gasteiger partial charge in [-0.1, -0.05) is 46.6 Å². The fourth-order valence-corrected chi connectivity index (χ4v) is 2.82. The second-order valence-electron chi connectivity index (χ2n) is 6.30. The molecule has 0 spiro atoms. The van der Waals surface area contributed by atoms with Crippen molar-refractivity contribution in [1.29, 1.82) is 0 Å². The van der Waals surface area contributed by atoms with E-state index in [1.54, 1.807) is 42.5 Å². The van der Waals surface area contributed by atoms with Crippen molar-refractivity contribution in [2.24, 2.45) is 0 Å². The Hall–Kier alpha value is -3.10. The van der Waals surface area contributed by atoms with Crippen LogP contribution in [0.4, 0.5) is 11.5 Å². The van der Waals surface area contributed by atoms with Crippen LogP contribution in [0.3, 0.4) is 0 Å². The van der Waals surface area contributed by atoms with Crippen molar-refractivity contribution in [3.05, 3.63) is 69.3 Å². The van der Waals surface area contributed by atoms with Crippen LogP contribution in [0.5, 0.6) is 0 Å². The van der Waals surface area contributed by atoms with Gasteiger partial charge >= 0.3 is 0 Å². The van der Waals surface area contributed by atoms with Crippen molar-refractivity contribution >= 4 is 46.5 Å². The molecule has 10 heteroatoms. The van der Waals surface area contributed by atoms with Crippen molar-refractivity contribution in [2.75, 3.05) is 11.1 Å². The maximum absolute atomic E-state index is 12.3. The summed E-state index contributed by atoms with van der Waals surface area (Å²) in [4.78, 5) is 24.6. The summed E-state index contributed by atoms with van der Waals surface area (Å²) in [6.07, 6.45) is 0. The highest BCUT2D eigenvalue weighted by Crippen LogP contribution is 2.20. The highest BCUT2D eigenvalue weighted by molar-refractivity contribution is 6.31. The van der Waals surface area contributed by atoms with Gasteiger partial charge in [-0.3, -0.25) is 9.59 Å². The van der Waals surface area contributed by atoms with Crippen LogP contribution in [-0.2, 0) is 17.9 Å². The molecule has 0 saturated heterocycles. The molecule has 0 atom stereocenters. The zero-order chi connectivity index (χ0) is 21.0. The minimum Gasteiger partial charge on any atom is -0.382 e. The van der Waals surface area contributed by atoms with Crippen molar-refractivity contribution in [1.82, 2.24) is 20.3 Å². The SMILES string of the molecule is Cc1ccc(Cl)cc1NC(=O)Cn1nnc(C(=O)NCc2ccc(Cl)cc2)c1N. The largest absolute Gasteiger partial charge is 0.382 e. The topological polar surface area (TPSA) is 115 Å². The van der Waals surface area contributed by atoms with E-state index in [-0.39, 0.29) is 30.5 Å². The first-order valence-electron chi connectivity index (χ1n) is 8.61. The van der Waals surface area contributed by atoms with Gasteiger partial charge in [0.05, 0.1) is 0 Å². The number of carbonyl (C=O) groups is 2. The predicted octanol–water partition coefficient (Wildman–Crippen LogP) is 3.04. The summed E-state index contributed by atoms with van der Waals surface area (Å²) in [5.41, 5.74) is 8.21. The van der Waals surface area contributed by atoms with E-state index in [4.69, 9.17) is 28.9 Å². The molecular weight excluding hydrogens is 415 g/mol. The fraction of sp³-hybridized carbons (Fsp3) is 0.158. The molecule has 0 fully saturated rings. The number of hydrogen-bond donors (Lipinski definition) is 3. The second kappa shape index (κ2) is 8.93.